The lowest BCUT2D eigenvalue weighted by atomic mass is 9.77. The van der Waals surface area contributed by atoms with E-state index >= 15 is 0 Å². The van der Waals surface area contributed by atoms with E-state index in [2.05, 4.69) is 108 Å². The Hall–Kier alpha value is -1.67. The summed E-state index contributed by atoms with van der Waals surface area (Å²) in [6, 6.07) is 0.753. The van der Waals surface area contributed by atoms with Crippen LogP contribution < -0.4 is 14.7 Å². The minimum Gasteiger partial charge on any atom is -0.341 e. The molecule has 1 aromatic rings. The van der Waals surface area contributed by atoms with Crippen LogP contribution in [0.1, 0.15) is 101 Å². The Labute approximate surface area is 233 Å². The van der Waals surface area contributed by atoms with Crippen LogP contribution >= 0.6 is 0 Å². The Morgan fingerprint density at radius 1 is 0.684 bits per heavy atom. The van der Waals surface area contributed by atoms with E-state index in [1.165, 1.54) is 12.8 Å². The number of hydrogen-bond acceptors (Lipinski definition) is 8. The number of piperidine rings is 2. The van der Waals surface area contributed by atoms with E-state index in [1.54, 1.807) is 0 Å². The van der Waals surface area contributed by atoms with Gasteiger partial charge in [0.05, 0.1) is 0 Å². The summed E-state index contributed by atoms with van der Waals surface area (Å²) in [5.74, 6) is 2.52. The molecule has 3 saturated heterocycles. The van der Waals surface area contributed by atoms with Gasteiger partial charge in [-0.2, -0.15) is 15.0 Å². The monoisotopic (exact) mass is 528 g/mol. The SMILES string of the molecule is CCN(c1nc(N2CCCC2)nc(N(C)C2CC(C)(C)N(C)C(C)(C)C2)n1)C1CC(C)(C)N(C)C(C)(C)C1. The number of nitrogens with zero attached hydrogens (tertiary/aromatic N) is 8. The van der Waals surface area contributed by atoms with Gasteiger partial charge in [-0.1, -0.05) is 0 Å². The van der Waals surface area contributed by atoms with Crippen molar-refractivity contribution in [3.8, 4) is 0 Å². The normalized spacial score (nSPS) is 26.1. The van der Waals surface area contributed by atoms with Crippen LogP contribution in [0.15, 0.2) is 0 Å². The summed E-state index contributed by atoms with van der Waals surface area (Å²) < 4.78 is 0. The van der Waals surface area contributed by atoms with Crippen LogP contribution in [0.25, 0.3) is 0 Å². The quantitative estimate of drug-likeness (QED) is 0.509. The van der Waals surface area contributed by atoms with E-state index in [0.717, 1.165) is 63.2 Å². The molecule has 0 N–H and O–H groups in total. The first-order valence-electron chi connectivity index (χ1n) is 15.0. The van der Waals surface area contributed by atoms with E-state index in [1.807, 2.05) is 0 Å². The van der Waals surface area contributed by atoms with Gasteiger partial charge in [0.15, 0.2) is 0 Å². The molecule has 8 heteroatoms. The molecule has 4 rings (SSSR count). The van der Waals surface area contributed by atoms with Crippen LogP contribution in [0.2, 0.25) is 0 Å². The number of anilines is 3. The molecule has 0 spiro atoms. The summed E-state index contributed by atoms with van der Waals surface area (Å²) in [5, 5.41) is 0. The molecule has 0 bridgehead atoms. The molecule has 0 aromatic carbocycles. The third-order valence-electron chi connectivity index (χ3n) is 10.5. The number of likely N-dealkylation sites (tertiary alicyclic amines) is 2. The maximum absolute atomic E-state index is 5.23. The first-order chi connectivity index (χ1) is 17.5. The highest BCUT2D eigenvalue weighted by molar-refractivity contribution is 5.48. The molecule has 0 atom stereocenters. The second-order valence-electron chi connectivity index (χ2n) is 14.8. The first-order valence-corrected chi connectivity index (χ1v) is 15.0. The third kappa shape index (κ3) is 5.49. The number of aromatic nitrogens is 3. The van der Waals surface area contributed by atoms with E-state index in [0.29, 0.717) is 12.1 Å². The Kier molecular flexibility index (Phi) is 7.76. The molecule has 0 unspecified atom stereocenters. The van der Waals surface area contributed by atoms with E-state index < -0.39 is 0 Å². The van der Waals surface area contributed by atoms with Gasteiger partial charge < -0.3 is 14.7 Å². The van der Waals surface area contributed by atoms with Crippen molar-refractivity contribution in [3.05, 3.63) is 0 Å². The number of rotatable bonds is 6. The minimum atomic E-state index is 0.106. The highest BCUT2D eigenvalue weighted by Gasteiger charge is 2.46. The summed E-state index contributed by atoms with van der Waals surface area (Å²) in [6.07, 6.45) is 6.76. The fraction of sp³-hybridized carbons (Fsp3) is 0.900. The van der Waals surface area contributed by atoms with E-state index in [-0.39, 0.29) is 22.2 Å². The fourth-order valence-electron chi connectivity index (χ4n) is 7.55. The average molecular weight is 529 g/mol. The van der Waals surface area contributed by atoms with Crippen molar-refractivity contribution in [1.82, 2.24) is 24.8 Å². The van der Waals surface area contributed by atoms with Crippen LogP contribution in [0, 0.1) is 0 Å². The third-order valence-corrected chi connectivity index (χ3v) is 10.5. The lowest BCUT2D eigenvalue weighted by Gasteiger charge is -2.55. The molecule has 3 aliphatic heterocycles. The van der Waals surface area contributed by atoms with Crippen molar-refractivity contribution in [2.45, 2.75) is 135 Å². The second kappa shape index (κ2) is 10.1. The van der Waals surface area contributed by atoms with Crippen LogP contribution in [0.4, 0.5) is 17.8 Å². The largest absolute Gasteiger partial charge is 0.341 e. The van der Waals surface area contributed by atoms with Gasteiger partial charge in [0.25, 0.3) is 0 Å². The van der Waals surface area contributed by atoms with Crippen LogP contribution in [0.5, 0.6) is 0 Å². The zero-order valence-corrected chi connectivity index (χ0v) is 26.6. The summed E-state index contributed by atoms with van der Waals surface area (Å²) in [4.78, 5) is 27.8. The summed E-state index contributed by atoms with van der Waals surface area (Å²) in [7, 11) is 6.75. The zero-order chi connectivity index (χ0) is 28.3. The van der Waals surface area contributed by atoms with Gasteiger partial charge in [-0.05, 0) is 115 Å². The second-order valence-corrected chi connectivity index (χ2v) is 14.8. The van der Waals surface area contributed by atoms with Gasteiger partial charge in [0, 0.05) is 60.9 Å². The van der Waals surface area contributed by atoms with Crippen molar-refractivity contribution >= 4 is 17.8 Å². The molecule has 216 valence electrons. The standard InChI is InChI=1S/C30H56N8/c1-13-38(23-20-29(6,7)36(12)30(8,9)21-23)26-32-24(31-25(33-26)37-16-14-15-17-37)34(10)22-18-27(2,3)35(11)28(4,5)19-22/h22-23H,13-21H2,1-12H3. The molecule has 0 radical (unpaired) electrons. The summed E-state index contributed by atoms with van der Waals surface area (Å²) in [6.45, 7) is 24.2. The van der Waals surface area contributed by atoms with Gasteiger partial charge in [-0.25, -0.2) is 0 Å². The Bertz CT molecular complexity index is 944. The van der Waals surface area contributed by atoms with E-state index in [4.69, 9.17) is 15.0 Å². The van der Waals surface area contributed by atoms with Gasteiger partial charge in [-0.3, -0.25) is 9.80 Å². The van der Waals surface area contributed by atoms with Crippen LogP contribution in [0.3, 0.4) is 0 Å². The predicted molar refractivity (Wildman–Crippen MR) is 161 cm³/mol. The zero-order valence-electron chi connectivity index (χ0n) is 26.6. The van der Waals surface area contributed by atoms with Gasteiger partial charge >= 0.3 is 0 Å². The molecule has 4 heterocycles. The van der Waals surface area contributed by atoms with Gasteiger partial charge in [0.1, 0.15) is 0 Å². The molecular weight excluding hydrogens is 472 g/mol. The topological polar surface area (TPSA) is 54.9 Å². The summed E-state index contributed by atoms with van der Waals surface area (Å²) in [5.41, 5.74) is 0.426. The fourth-order valence-corrected chi connectivity index (χ4v) is 7.55. The van der Waals surface area contributed by atoms with Crippen molar-refractivity contribution in [2.24, 2.45) is 0 Å². The van der Waals surface area contributed by atoms with E-state index in [9.17, 15) is 0 Å². The molecule has 1 aromatic heterocycles. The van der Waals surface area contributed by atoms with Crippen molar-refractivity contribution in [2.75, 3.05) is 55.5 Å². The Morgan fingerprint density at radius 2 is 1.11 bits per heavy atom. The molecule has 38 heavy (non-hydrogen) atoms. The molecule has 3 fully saturated rings. The highest BCUT2D eigenvalue weighted by atomic mass is 15.4. The summed E-state index contributed by atoms with van der Waals surface area (Å²) >= 11 is 0. The Morgan fingerprint density at radius 3 is 1.55 bits per heavy atom. The van der Waals surface area contributed by atoms with Crippen molar-refractivity contribution < 1.29 is 0 Å². The molecule has 8 nitrogen and oxygen atoms in total. The molecule has 3 aliphatic rings. The van der Waals surface area contributed by atoms with Crippen LogP contribution in [-0.2, 0) is 0 Å². The van der Waals surface area contributed by atoms with Gasteiger partial charge in [0.2, 0.25) is 17.8 Å². The molecule has 0 saturated carbocycles. The average Bonchev–Trinajstić information content (AvgIpc) is 3.35. The minimum absolute atomic E-state index is 0.106. The van der Waals surface area contributed by atoms with Gasteiger partial charge in [-0.15, -0.1) is 0 Å². The Balaban J connectivity index is 1.72. The number of hydrogen-bond donors (Lipinski definition) is 0. The lowest BCUT2D eigenvalue weighted by molar-refractivity contribution is -0.0127. The van der Waals surface area contributed by atoms with Crippen molar-refractivity contribution in [3.63, 3.8) is 0 Å². The molecular formula is C30H56N8. The molecule has 0 amide bonds. The first kappa shape index (κ1) is 29.3. The van der Waals surface area contributed by atoms with Crippen molar-refractivity contribution in [1.29, 1.82) is 0 Å². The molecule has 0 aliphatic carbocycles. The highest BCUT2D eigenvalue weighted by Crippen LogP contribution is 2.41. The van der Waals surface area contributed by atoms with Crippen LogP contribution in [-0.4, -0.2) is 99.8 Å². The maximum atomic E-state index is 5.23. The predicted octanol–water partition coefficient (Wildman–Crippen LogP) is 5.04. The maximum Gasteiger partial charge on any atom is 0.232 e. The smallest absolute Gasteiger partial charge is 0.232 e. The lowest BCUT2D eigenvalue weighted by Crippen LogP contribution is -2.63.